The van der Waals surface area contributed by atoms with E-state index in [2.05, 4.69) is 39.8 Å². The largest absolute Gasteiger partial charge is 0.496 e. The summed E-state index contributed by atoms with van der Waals surface area (Å²) in [6.07, 6.45) is 3.88. The molecule has 1 fully saturated rings. The topological polar surface area (TPSA) is 35.2 Å². The number of nitrogens with two attached hydrogens (primary N) is 1. The third-order valence-corrected chi connectivity index (χ3v) is 4.41. The first kappa shape index (κ1) is 14.4. The fourth-order valence-corrected chi connectivity index (χ4v) is 2.87. The predicted molar refractivity (Wildman–Crippen MR) is 80.7 cm³/mol. The first-order valence-corrected chi connectivity index (χ1v) is 7.29. The molecule has 19 heavy (non-hydrogen) atoms. The van der Waals surface area contributed by atoms with Crippen molar-refractivity contribution in [2.45, 2.75) is 58.4 Å². The van der Waals surface area contributed by atoms with Crippen molar-refractivity contribution in [3.05, 3.63) is 28.8 Å². The van der Waals surface area contributed by atoms with Gasteiger partial charge in [0, 0.05) is 6.04 Å². The Balaban J connectivity index is 2.44. The minimum Gasteiger partial charge on any atom is -0.496 e. The Morgan fingerprint density at radius 2 is 1.89 bits per heavy atom. The van der Waals surface area contributed by atoms with E-state index in [4.69, 9.17) is 10.5 Å². The lowest BCUT2D eigenvalue weighted by Gasteiger charge is -2.33. The minimum atomic E-state index is 0.0765. The molecule has 0 aromatic heterocycles. The van der Waals surface area contributed by atoms with Gasteiger partial charge in [0.25, 0.3) is 0 Å². The summed E-state index contributed by atoms with van der Waals surface area (Å²) in [5.41, 5.74) is 10.4. The van der Waals surface area contributed by atoms with E-state index < -0.39 is 0 Å². The minimum absolute atomic E-state index is 0.0765. The molecule has 106 valence electrons. The lowest BCUT2D eigenvalue weighted by atomic mass is 9.75. The van der Waals surface area contributed by atoms with Gasteiger partial charge < -0.3 is 10.5 Å². The van der Waals surface area contributed by atoms with Gasteiger partial charge in [0.05, 0.1) is 7.11 Å². The summed E-state index contributed by atoms with van der Waals surface area (Å²) < 4.78 is 5.55. The highest BCUT2D eigenvalue weighted by Crippen LogP contribution is 2.40. The number of benzene rings is 1. The highest BCUT2D eigenvalue weighted by Gasteiger charge is 2.28. The Kier molecular flexibility index (Phi) is 3.91. The van der Waals surface area contributed by atoms with Crippen molar-refractivity contribution in [3.8, 4) is 5.75 Å². The number of rotatable bonds is 3. The molecule has 1 aromatic rings. The SMILES string of the molecule is COc1cc(C)c(C(N)C2CCC2)cc1C(C)(C)C. The van der Waals surface area contributed by atoms with Crippen LogP contribution >= 0.6 is 0 Å². The number of methoxy groups -OCH3 is 1. The first-order valence-electron chi connectivity index (χ1n) is 7.29. The summed E-state index contributed by atoms with van der Waals surface area (Å²) in [5, 5.41) is 0. The van der Waals surface area contributed by atoms with E-state index in [1.54, 1.807) is 7.11 Å². The standard InChI is InChI=1S/C17H27NO/c1-11-9-15(19-5)14(17(2,3)4)10-13(11)16(18)12-7-6-8-12/h9-10,12,16H,6-8,18H2,1-5H3. The van der Waals surface area contributed by atoms with Crippen LogP contribution in [0.1, 0.15) is 62.8 Å². The van der Waals surface area contributed by atoms with Crippen molar-refractivity contribution in [1.29, 1.82) is 0 Å². The van der Waals surface area contributed by atoms with Crippen LogP contribution in [0.3, 0.4) is 0 Å². The molecule has 1 aromatic carbocycles. The van der Waals surface area contributed by atoms with E-state index >= 15 is 0 Å². The van der Waals surface area contributed by atoms with Crippen molar-refractivity contribution < 1.29 is 4.74 Å². The maximum atomic E-state index is 6.46. The summed E-state index contributed by atoms with van der Waals surface area (Å²) in [4.78, 5) is 0. The molecule has 1 unspecified atom stereocenters. The van der Waals surface area contributed by atoms with Crippen LogP contribution in [-0.2, 0) is 5.41 Å². The van der Waals surface area contributed by atoms with Crippen LogP contribution in [0.2, 0.25) is 0 Å². The van der Waals surface area contributed by atoms with Crippen LogP contribution < -0.4 is 10.5 Å². The fourth-order valence-electron chi connectivity index (χ4n) is 2.87. The number of hydrogen-bond donors (Lipinski definition) is 1. The number of ether oxygens (including phenoxy) is 1. The molecule has 1 aliphatic carbocycles. The molecule has 2 N–H and O–H groups in total. The fraction of sp³-hybridized carbons (Fsp3) is 0.647. The highest BCUT2D eigenvalue weighted by molar-refractivity contribution is 5.46. The van der Waals surface area contributed by atoms with Gasteiger partial charge in [-0.1, -0.05) is 27.2 Å². The van der Waals surface area contributed by atoms with Crippen LogP contribution in [0.4, 0.5) is 0 Å². The summed E-state index contributed by atoms with van der Waals surface area (Å²) >= 11 is 0. The Morgan fingerprint density at radius 3 is 2.32 bits per heavy atom. The van der Waals surface area contributed by atoms with Crippen molar-refractivity contribution in [3.63, 3.8) is 0 Å². The normalized spacial score (nSPS) is 18.0. The second-order valence-electron chi connectivity index (χ2n) is 6.88. The van der Waals surface area contributed by atoms with Gasteiger partial charge in [-0.2, -0.15) is 0 Å². The first-order chi connectivity index (χ1) is 8.84. The zero-order chi connectivity index (χ0) is 14.2. The summed E-state index contributed by atoms with van der Waals surface area (Å²) in [6, 6.07) is 4.60. The monoisotopic (exact) mass is 261 g/mol. The molecular weight excluding hydrogens is 234 g/mol. The third-order valence-electron chi connectivity index (χ3n) is 4.41. The second kappa shape index (κ2) is 5.16. The average molecular weight is 261 g/mol. The van der Waals surface area contributed by atoms with E-state index in [9.17, 15) is 0 Å². The Morgan fingerprint density at radius 1 is 1.26 bits per heavy atom. The molecule has 1 saturated carbocycles. The Hall–Kier alpha value is -1.02. The molecule has 2 heteroatoms. The van der Waals surface area contributed by atoms with Crippen molar-refractivity contribution in [1.82, 2.24) is 0 Å². The van der Waals surface area contributed by atoms with Crippen molar-refractivity contribution >= 4 is 0 Å². The summed E-state index contributed by atoms with van der Waals surface area (Å²) in [5.74, 6) is 1.65. The Bertz CT molecular complexity index is 455. The molecule has 0 bridgehead atoms. The van der Waals surface area contributed by atoms with Crippen molar-refractivity contribution in [2.75, 3.05) is 7.11 Å². The molecule has 0 heterocycles. The van der Waals surface area contributed by atoms with Crippen molar-refractivity contribution in [2.24, 2.45) is 11.7 Å². The van der Waals surface area contributed by atoms with Crippen LogP contribution in [0, 0.1) is 12.8 Å². The quantitative estimate of drug-likeness (QED) is 0.889. The molecule has 0 amide bonds. The lowest BCUT2D eigenvalue weighted by Crippen LogP contribution is -2.28. The zero-order valence-electron chi connectivity index (χ0n) is 12.9. The molecule has 1 atom stereocenters. The second-order valence-corrected chi connectivity index (χ2v) is 6.88. The predicted octanol–water partition coefficient (Wildman–Crippen LogP) is 4.10. The van der Waals surface area contributed by atoms with Gasteiger partial charge in [-0.05, 0) is 59.9 Å². The molecule has 0 spiro atoms. The molecular formula is C17H27NO. The molecule has 0 aliphatic heterocycles. The maximum Gasteiger partial charge on any atom is 0.122 e. The van der Waals surface area contributed by atoms with Crippen LogP contribution in [0.25, 0.3) is 0 Å². The molecule has 1 aliphatic rings. The van der Waals surface area contributed by atoms with Crippen LogP contribution in [0.15, 0.2) is 12.1 Å². The van der Waals surface area contributed by atoms with Gasteiger partial charge in [0.2, 0.25) is 0 Å². The van der Waals surface area contributed by atoms with Gasteiger partial charge in [-0.25, -0.2) is 0 Å². The number of aryl methyl sites for hydroxylation is 1. The van der Waals surface area contributed by atoms with Gasteiger partial charge >= 0.3 is 0 Å². The molecule has 0 saturated heterocycles. The van der Waals surface area contributed by atoms with E-state index in [1.807, 2.05) is 0 Å². The smallest absolute Gasteiger partial charge is 0.122 e. The van der Waals surface area contributed by atoms with Crippen LogP contribution in [0.5, 0.6) is 5.75 Å². The third kappa shape index (κ3) is 2.79. The summed E-state index contributed by atoms with van der Waals surface area (Å²) in [7, 11) is 1.75. The zero-order valence-corrected chi connectivity index (χ0v) is 12.9. The van der Waals surface area contributed by atoms with E-state index in [-0.39, 0.29) is 11.5 Å². The number of hydrogen-bond acceptors (Lipinski definition) is 2. The average Bonchev–Trinajstić information content (AvgIpc) is 2.24. The van der Waals surface area contributed by atoms with Crippen LogP contribution in [-0.4, -0.2) is 7.11 Å². The Labute approximate surface area is 117 Å². The highest BCUT2D eigenvalue weighted by atomic mass is 16.5. The van der Waals surface area contributed by atoms with Gasteiger partial charge in [-0.15, -0.1) is 0 Å². The van der Waals surface area contributed by atoms with Gasteiger partial charge in [0.1, 0.15) is 5.75 Å². The maximum absolute atomic E-state index is 6.46. The van der Waals surface area contributed by atoms with E-state index in [0.29, 0.717) is 5.92 Å². The lowest BCUT2D eigenvalue weighted by molar-refractivity contribution is 0.263. The molecule has 0 radical (unpaired) electrons. The van der Waals surface area contributed by atoms with E-state index in [0.717, 1.165) is 5.75 Å². The van der Waals surface area contributed by atoms with E-state index in [1.165, 1.54) is 36.0 Å². The molecule has 2 nitrogen and oxygen atoms in total. The molecule has 2 rings (SSSR count). The van der Waals surface area contributed by atoms with Gasteiger partial charge in [-0.3, -0.25) is 0 Å². The summed E-state index contributed by atoms with van der Waals surface area (Å²) in [6.45, 7) is 8.80. The van der Waals surface area contributed by atoms with Gasteiger partial charge in [0.15, 0.2) is 0 Å².